The van der Waals surface area contributed by atoms with Crippen molar-refractivity contribution in [1.29, 1.82) is 0 Å². The highest BCUT2D eigenvalue weighted by Crippen LogP contribution is 2.20. The van der Waals surface area contributed by atoms with Crippen molar-refractivity contribution in [2.24, 2.45) is 5.92 Å². The molecular formula is C22H26N4O3. The molecule has 0 atom stereocenters. The summed E-state index contributed by atoms with van der Waals surface area (Å²) < 4.78 is 5.31. The number of nitrogens with one attached hydrogen (secondary N) is 1. The summed E-state index contributed by atoms with van der Waals surface area (Å²) in [5.41, 5.74) is 2.02. The van der Waals surface area contributed by atoms with Crippen LogP contribution in [0.1, 0.15) is 44.1 Å². The summed E-state index contributed by atoms with van der Waals surface area (Å²) in [5.74, 6) is 1.63. The molecule has 1 aliphatic rings. The lowest BCUT2D eigenvalue weighted by molar-refractivity contribution is -0.132. The van der Waals surface area contributed by atoms with Crippen LogP contribution in [0.4, 0.5) is 0 Å². The van der Waals surface area contributed by atoms with Crippen LogP contribution in [-0.4, -0.2) is 39.0 Å². The molecule has 29 heavy (non-hydrogen) atoms. The Labute approximate surface area is 169 Å². The molecule has 1 saturated heterocycles. The largest absolute Gasteiger partial charge is 0.343 e. The van der Waals surface area contributed by atoms with E-state index in [0.29, 0.717) is 36.6 Å². The van der Waals surface area contributed by atoms with Gasteiger partial charge in [0, 0.05) is 31.4 Å². The van der Waals surface area contributed by atoms with E-state index in [1.54, 1.807) is 6.07 Å². The smallest absolute Gasteiger partial charge is 0.259 e. The Hall–Kier alpha value is -2.96. The van der Waals surface area contributed by atoms with Crippen molar-refractivity contribution >= 4 is 16.8 Å². The summed E-state index contributed by atoms with van der Waals surface area (Å²) >= 11 is 0. The number of amides is 1. The normalized spacial score (nSPS) is 15.2. The van der Waals surface area contributed by atoms with Crippen molar-refractivity contribution in [2.75, 3.05) is 13.1 Å². The number of pyridine rings is 1. The van der Waals surface area contributed by atoms with Crippen LogP contribution in [0.15, 0.2) is 33.6 Å². The number of carbonyl (C=O) groups excluding carboxylic acids is 1. The summed E-state index contributed by atoms with van der Waals surface area (Å²) in [7, 11) is 0. The number of piperidine rings is 1. The van der Waals surface area contributed by atoms with Crippen LogP contribution in [0.5, 0.6) is 0 Å². The van der Waals surface area contributed by atoms with E-state index in [9.17, 15) is 9.59 Å². The molecule has 7 nitrogen and oxygen atoms in total. The third kappa shape index (κ3) is 4.39. The number of fused-ring (bicyclic) bond motifs is 1. The molecule has 1 aromatic carbocycles. The van der Waals surface area contributed by atoms with Gasteiger partial charge in [-0.3, -0.25) is 9.59 Å². The molecule has 4 rings (SSSR count). The number of benzene rings is 1. The molecule has 0 unspecified atom stereocenters. The SMILES string of the molecule is Cc1ccc2[nH]c(=O)c(-c3noc(CCCC(=O)N4CCC(C)CC4)n3)cc2c1. The van der Waals surface area contributed by atoms with Crippen LogP contribution in [0.2, 0.25) is 0 Å². The first kappa shape index (κ1) is 19.4. The lowest BCUT2D eigenvalue weighted by Crippen LogP contribution is -2.37. The topological polar surface area (TPSA) is 92.1 Å². The average Bonchev–Trinajstić information content (AvgIpc) is 3.17. The van der Waals surface area contributed by atoms with Crippen LogP contribution in [0.3, 0.4) is 0 Å². The fourth-order valence-electron chi connectivity index (χ4n) is 3.76. The number of H-pyrrole nitrogens is 1. The second-order valence-electron chi connectivity index (χ2n) is 8.03. The minimum atomic E-state index is -0.247. The molecule has 152 valence electrons. The van der Waals surface area contributed by atoms with Gasteiger partial charge in [-0.05, 0) is 55.7 Å². The van der Waals surface area contributed by atoms with Crippen molar-refractivity contribution in [1.82, 2.24) is 20.0 Å². The average molecular weight is 394 g/mol. The predicted molar refractivity (Wildman–Crippen MR) is 111 cm³/mol. The molecule has 0 spiro atoms. The highest BCUT2D eigenvalue weighted by atomic mass is 16.5. The van der Waals surface area contributed by atoms with Gasteiger partial charge in [0.2, 0.25) is 17.6 Å². The van der Waals surface area contributed by atoms with Gasteiger partial charge in [0.05, 0.1) is 5.56 Å². The Bertz CT molecular complexity index is 1080. The maximum Gasteiger partial charge on any atom is 0.259 e. The van der Waals surface area contributed by atoms with Crippen molar-refractivity contribution < 1.29 is 9.32 Å². The Balaban J connectivity index is 1.40. The molecule has 1 aliphatic heterocycles. The van der Waals surface area contributed by atoms with Gasteiger partial charge < -0.3 is 14.4 Å². The number of aryl methyl sites for hydroxylation is 2. The van der Waals surface area contributed by atoms with Gasteiger partial charge in [-0.2, -0.15) is 4.98 Å². The minimum Gasteiger partial charge on any atom is -0.343 e. The summed E-state index contributed by atoms with van der Waals surface area (Å²) in [5, 5.41) is 4.89. The molecule has 3 heterocycles. The van der Waals surface area contributed by atoms with E-state index in [1.807, 2.05) is 30.0 Å². The molecule has 1 amide bonds. The molecule has 0 radical (unpaired) electrons. The second kappa shape index (κ2) is 8.19. The summed E-state index contributed by atoms with van der Waals surface area (Å²) in [4.78, 5) is 33.9. The van der Waals surface area contributed by atoms with Crippen LogP contribution in [0.25, 0.3) is 22.3 Å². The van der Waals surface area contributed by atoms with E-state index in [4.69, 9.17) is 4.52 Å². The maximum absolute atomic E-state index is 12.4. The number of nitrogens with zero attached hydrogens (tertiary/aromatic N) is 3. The molecule has 1 fully saturated rings. The number of likely N-dealkylation sites (tertiary alicyclic amines) is 1. The highest BCUT2D eigenvalue weighted by molar-refractivity contribution is 5.82. The van der Waals surface area contributed by atoms with Gasteiger partial charge in [-0.15, -0.1) is 0 Å². The first-order chi connectivity index (χ1) is 14.0. The Kier molecular flexibility index (Phi) is 5.47. The Morgan fingerprint density at radius 1 is 1.28 bits per heavy atom. The first-order valence-corrected chi connectivity index (χ1v) is 10.2. The molecule has 0 bridgehead atoms. The van der Waals surface area contributed by atoms with E-state index < -0.39 is 0 Å². The first-order valence-electron chi connectivity index (χ1n) is 10.2. The summed E-state index contributed by atoms with van der Waals surface area (Å²) in [6.45, 7) is 5.95. The molecule has 1 N–H and O–H groups in total. The van der Waals surface area contributed by atoms with Gasteiger partial charge in [0.15, 0.2) is 0 Å². The highest BCUT2D eigenvalue weighted by Gasteiger charge is 2.20. The van der Waals surface area contributed by atoms with Gasteiger partial charge in [-0.1, -0.05) is 23.7 Å². The predicted octanol–water partition coefficient (Wildman–Crippen LogP) is 3.47. The Morgan fingerprint density at radius 2 is 2.07 bits per heavy atom. The Morgan fingerprint density at radius 3 is 2.86 bits per heavy atom. The summed E-state index contributed by atoms with van der Waals surface area (Å²) in [6, 6.07) is 7.63. The zero-order chi connectivity index (χ0) is 20.4. The maximum atomic E-state index is 12.4. The molecule has 3 aromatic rings. The number of aromatic nitrogens is 3. The number of carbonyl (C=O) groups is 1. The molecule has 2 aromatic heterocycles. The number of hydrogen-bond donors (Lipinski definition) is 1. The molecular weight excluding hydrogens is 368 g/mol. The lowest BCUT2D eigenvalue weighted by atomic mass is 9.99. The van der Waals surface area contributed by atoms with E-state index in [0.717, 1.165) is 42.4 Å². The van der Waals surface area contributed by atoms with Crippen molar-refractivity contribution in [2.45, 2.75) is 46.0 Å². The number of rotatable bonds is 5. The van der Waals surface area contributed by atoms with Crippen LogP contribution in [-0.2, 0) is 11.2 Å². The zero-order valence-electron chi connectivity index (χ0n) is 16.9. The monoisotopic (exact) mass is 394 g/mol. The van der Waals surface area contributed by atoms with Gasteiger partial charge in [0.1, 0.15) is 0 Å². The van der Waals surface area contributed by atoms with Gasteiger partial charge >= 0.3 is 0 Å². The standard InChI is InChI=1S/C22H26N4O3/c1-14-8-10-26(11-9-14)20(27)5-3-4-19-24-21(25-29-19)17-13-16-12-15(2)6-7-18(16)23-22(17)28/h6-7,12-14H,3-5,8-11H2,1-2H3,(H,23,28). The fourth-order valence-corrected chi connectivity index (χ4v) is 3.76. The number of hydrogen-bond acceptors (Lipinski definition) is 5. The minimum absolute atomic E-state index is 0.193. The summed E-state index contributed by atoms with van der Waals surface area (Å²) in [6.07, 6.45) is 3.81. The van der Waals surface area contributed by atoms with Crippen LogP contribution < -0.4 is 5.56 Å². The number of aromatic amines is 1. The van der Waals surface area contributed by atoms with E-state index in [1.165, 1.54) is 0 Å². The van der Waals surface area contributed by atoms with Crippen molar-refractivity contribution in [3.05, 3.63) is 46.1 Å². The van der Waals surface area contributed by atoms with E-state index in [2.05, 4.69) is 22.0 Å². The van der Waals surface area contributed by atoms with Gasteiger partial charge in [-0.25, -0.2) is 0 Å². The van der Waals surface area contributed by atoms with Crippen molar-refractivity contribution in [3.8, 4) is 11.4 Å². The van der Waals surface area contributed by atoms with E-state index in [-0.39, 0.29) is 17.3 Å². The quantitative estimate of drug-likeness (QED) is 0.715. The van der Waals surface area contributed by atoms with Crippen LogP contribution >= 0.6 is 0 Å². The van der Waals surface area contributed by atoms with Gasteiger partial charge in [0.25, 0.3) is 5.56 Å². The molecule has 0 aliphatic carbocycles. The molecule has 7 heteroatoms. The zero-order valence-corrected chi connectivity index (χ0v) is 16.9. The second-order valence-corrected chi connectivity index (χ2v) is 8.03. The molecule has 0 saturated carbocycles. The third-order valence-electron chi connectivity index (χ3n) is 5.63. The lowest BCUT2D eigenvalue weighted by Gasteiger charge is -2.30. The fraction of sp³-hybridized carbons (Fsp3) is 0.455. The van der Waals surface area contributed by atoms with Crippen LogP contribution in [0, 0.1) is 12.8 Å². The van der Waals surface area contributed by atoms with E-state index >= 15 is 0 Å². The third-order valence-corrected chi connectivity index (χ3v) is 5.63. The van der Waals surface area contributed by atoms with Crippen molar-refractivity contribution in [3.63, 3.8) is 0 Å².